The van der Waals surface area contributed by atoms with Gasteiger partial charge in [0, 0.05) is 11.3 Å². The molecule has 0 amide bonds. The Hall–Kier alpha value is -2.79. The van der Waals surface area contributed by atoms with Crippen molar-refractivity contribution in [2.75, 3.05) is 11.3 Å². The van der Waals surface area contributed by atoms with Crippen molar-refractivity contribution in [3.63, 3.8) is 0 Å². The van der Waals surface area contributed by atoms with Crippen LogP contribution in [0.3, 0.4) is 0 Å². The molecule has 1 aromatic carbocycles. The highest BCUT2D eigenvalue weighted by Crippen LogP contribution is 2.26. The molecular formula is C16H17N3O4S. The Morgan fingerprint density at radius 3 is 2.71 bits per heavy atom. The lowest BCUT2D eigenvalue weighted by Gasteiger charge is -2.09. The van der Waals surface area contributed by atoms with Crippen molar-refractivity contribution in [3.05, 3.63) is 46.8 Å². The largest absolute Gasteiger partial charge is 0.461 e. The van der Waals surface area contributed by atoms with Gasteiger partial charge in [-0.2, -0.15) is 5.26 Å². The number of anilines is 1. The second-order valence-corrected chi connectivity index (χ2v) is 6.72. The minimum absolute atomic E-state index is 0.00656. The van der Waals surface area contributed by atoms with E-state index in [1.165, 1.54) is 13.0 Å². The predicted molar refractivity (Wildman–Crippen MR) is 88.2 cm³/mol. The number of hydrogen-bond donors (Lipinski definition) is 2. The fourth-order valence-corrected chi connectivity index (χ4v) is 3.90. The number of carbonyl (C=O) groups excluding carboxylic acids is 1. The zero-order valence-corrected chi connectivity index (χ0v) is 14.3. The summed E-state index contributed by atoms with van der Waals surface area (Å²) in [5.74, 6) is -0.606. The normalized spacial score (nSPS) is 10.9. The van der Waals surface area contributed by atoms with E-state index < -0.39 is 16.0 Å². The molecule has 8 heteroatoms. The summed E-state index contributed by atoms with van der Waals surface area (Å²) in [5, 5.41) is 8.90. The minimum Gasteiger partial charge on any atom is -0.461 e. The molecule has 1 aromatic heterocycles. The highest BCUT2D eigenvalue weighted by molar-refractivity contribution is 7.92. The monoisotopic (exact) mass is 347 g/mol. The van der Waals surface area contributed by atoms with Gasteiger partial charge in [-0.3, -0.25) is 4.72 Å². The zero-order chi connectivity index (χ0) is 17.9. The standard InChI is InChI=1S/C16H17N3O4S/c1-4-23-16(20)14-10(2)15(11(3)18-14)24(21,22)19-13-7-5-6-12(8-13)9-17/h5-8,18-19H,4H2,1-3H3. The number of aromatic amines is 1. The first-order valence-electron chi connectivity index (χ1n) is 7.19. The van der Waals surface area contributed by atoms with Crippen LogP contribution < -0.4 is 4.72 Å². The predicted octanol–water partition coefficient (Wildman–Crippen LogP) is 2.48. The topological polar surface area (TPSA) is 112 Å². The molecule has 24 heavy (non-hydrogen) atoms. The van der Waals surface area contributed by atoms with E-state index in [0.717, 1.165) is 0 Å². The zero-order valence-electron chi connectivity index (χ0n) is 13.5. The van der Waals surface area contributed by atoms with E-state index in [1.807, 2.05) is 6.07 Å². The van der Waals surface area contributed by atoms with Crippen LogP contribution in [0.15, 0.2) is 29.2 Å². The van der Waals surface area contributed by atoms with Crippen LogP contribution in [-0.4, -0.2) is 26.0 Å². The van der Waals surface area contributed by atoms with Crippen LogP contribution in [0.5, 0.6) is 0 Å². The first-order valence-corrected chi connectivity index (χ1v) is 8.67. The number of esters is 1. The average molecular weight is 347 g/mol. The maximum atomic E-state index is 12.7. The number of benzene rings is 1. The van der Waals surface area contributed by atoms with Gasteiger partial charge < -0.3 is 9.72 Å². The quantitative estimate of drug-likeness (QED) is 0.807. The highest BCUT2D eigenvalue weighted by Gasteiger charge is 2.27. The van der Waals surface area contributed by atoms with E-state index >= 15 is 0 Å². The van der Waals surface area contributed by atoms with Gasteiger partial charge >= 0.3 is 5.97 Å². The van der Waals surface area contributed by atoms with Crippen LogP contribution in [0.25, 0.3) is 0 Å². The van der Waals surface area contributed by atoms with Gasteiger partial charge in [0.2, 0.25) is 0 Å². The van der Waals surface area contributed by atoms with Gasteiger partial charge in [-0.25, -0.2) is 13.2 Å². The Balaban J connectivity index is 2.43. The number of aromatic nitrogens is 1. The Labute approximate surface area is 140 Å². The summed E-state index contributed by atoms with van der Waals surface area (Å²) in [6.45, 7) is 4.97. The number of ether oxygens (including phenoxy) is 1. The SMILES string of the molecule is CCOC(=O)c1[nH]c(C)c(S(=O)(=O)Nc2cccc(C#N)c2)c1C. The molecule has 2 aromatic rings. The molecule has 0 aliphatic carbocycles. The summed E-state index contributed by atoms with van der Waals surface area (Å²) < 4.78 is 32.7. The Morgan fingerprint density at radius 1 is 1.38 bits per heavy atom. The molecule has 0 spiro atoms. The fourth-order valence-electron chi connectivity index (χ4n) is 2.40. The van der Waals surface area contributed by atoms with Gasteiger partial charge in [-0.05, 0) is 39.0 Å². The van der Waals surface area contributed by atoms with Crippen molar-refractivity contribution in [1.29, 1.82) is 5.26 Å². The number of hydrogen-bond acceptors (Lipinski definition) is 5. The summed E-state index contributed by atoms with van der Waals surface area (Å²) in [6, 6.07) is 8.08. The number of sulfonamides is 1. The van der Waals surface area contributed by atoms with E-state index in [4.69, 9.17) is 10.00 Å². The summed E-state index contributed by atoms with van der Waals surface area (Å²) in [5.41, 5.74) is 1.34. The molecule has 0 fully saturated rings. The van der Waals surface area contributed by atoms with E-state index in [1.54, 1.807) is 32.0 Å². The number of nitrogens with zero attached hydrogens (tertiary/aromatic N) is 1. The van der Waals surface area contributed by atoms with Gasteiger partial charge in [0.25, 0.3) is 10.0 Å². The van der Waals surface area contributed by atoms with Crippen molar-refractivity contribution in [1.82, 2.24) is 4.98 Å². The lowest BCUT2D eigenvalue weighted by Crippen LogP contribution is -2.15. The summed E-state index contributed by atoms with van der Waals surface area (Å²) in [7, 11) is -3.93. The van der Waals surface area contributed by atoms with Crippen LogP contribution in [0.2, 0.25) is 0 Å². The van der Waals surface area contributed by atoms with Gasteiger partial charge in [0.05, 0.1) is 23.9 Å². The average Bonchev–Trinajstić information content (AvgIpc) is 2.82. The van der Waals surface area contributed by atoms with Crippen molar-refractivity contribution in [3.8, 4) is 6.07 Å². The van der Waals surface area contributed by atoms with Crippen LogP contribution in [0.1, 0.15) is 34.2 Å². The van der Waals surface area contributed by atoms with Crippen molar-refractivity contribution >= 4 is 21.7 Å². The second-order valence-electron chi connectivity index (χ2n) is 5.10. The molecule has 0 bridgehead atoms. The molecule has 2 rings (SSSR count). The molecule has 1 heterocycles. The van der Waals surface area contributed by atoms with Crippen LogP contribution >= 0.6 is 0 Å². The number of nitriles is 1. The first-order chi connectivity index (χ1) is 11.3. The number of carbonyl (C=O) groups is 1. The maximum absolute atomic E-state index is 12.7. The summed E-state index contributed by atoms with van der Waals surface area (Å²) >= 11 is 0. The number of rotatable bonds is 5. The van der Waals surface area contributed by atoms with E-state index in [-0.39, 0.29) is 28.4 Å². The third kappa shape index (κ3) is 3.41. The maximum Gasteiger partial charge on any atom is 0.355 e. The molecule has 0 saturated heterocycles. The molecule has 7 nitrogen and oxygen atoms in total. The molecule has 0 radical (unpaired) electrons. The molecule has 0 saturated carbocycles. The second kappa shape index (κ2) is 6.76. The number of aryl methyl sites for hydroxylation is 1. The van der Waals surface area contributed by atoms with Gasteiger partial charge in [-0.1, -0.05) is 6.07 Å². The van der Waals surface area contributed by atoms with Gasteiger partial charge in [0.1, 0.15) is 10.6 Å². The number of nitrogens with one attached hydrogen (secondary N) is 2. The molecule has 0 aliphatic heterocycles. The van der Waals surface area contributed by atoms with Crippen molar-refractivity contribution in [2.45, 2.75) is 25.7 Å². The number of H-pyrrole nitrogens is 1. The van der Waals surface area contributed by atoms with Gasteiger partial charge in [-0.15, -0.1) is 0 Å². The van der Waals surface area contributed by atoms with Crippen molar-refractivity contribution in [2.24, 2.45) is 0 Å². The highest BCUT2D eigenvalue weighted by atomic mass is 32.2. The Bertz CT molecular complexity index is 923. The van der Waals surface area contributed by atoms with E-state index in [9.17, 15) is 13.2 Å². The van der Waals surface area contributed by atoms with E-state index in [0.29, 0.717) is 11.3 Å². The molecule has 0 atom stereocenters. The molecule has 2 N–H and O–H groups in total. The lowest BCUT2D eigenvalue weighted by atomic mass is 10.2. The summed E-state index contributed by atoms with van der Waals surface area (Å²) in [4.78, 5) is 14.7. The fraction of sp³-hybridized carbons (Fsp3) is 0.250. The molecular weight excluding hydrogens is 330 g/mol. The van der Waals surface area contributed by atoms with Crippen LogP contribution in [0.4, 0.5) is 5.69 Å². The molecule has 0 aliphatic rings. The third-order valence-electron chi connectivity index (χ3n) is 3.36. The molecule has 0 unspecified atom stereocenters. The van der Waals surface area contributed by atoms with Crippen LogP contribution in [-0.2, 0) is 14.8 Å². The minimum atomic E-state index is -3.93. The Morgan fingerprint density at radius 2 is 2.08 bits per heavy atom. The van der Waals surface area contributed by atoms with E-state index in [2.05, 4.69) is 9.71 Å². The molecule has 126 valence electrons. The lowest BCUT2D eigenvalue weighted by molar-refractivity contribution is 0.0519. The van der Waals surface area contributed by atoms with Crippen molar-refractivity contribution < 1.29 is 17.9 Å². The third-order valence-corrected chi connectivity index (χ3v) is 5.02. The smallest absolute Gasteiger partial charge is 0.355 e. The Kier molecular flexibility index (Phi) is 4.95. The van der Waals surface area contributed by atoms with Crippen LogP contribution in [0, 0.1) is 25.2 Å². The first kappa shape index (κ1) is 17.6. The summed E-state index contributed by atoms with van der Waals surface area (Å²) in [6.07, 6.45) is 0. The van der Waals surface area contributed by atoms with Gasteiger partial charge in [0.15, 0.2) is 0 Å².